The van der Waals surface area contributed by atoms with Gasteiger partial charge in [0.1, 0.15) is 12.2 Å². The van der Waals surface area contributed by atoms with Crippen LogP contribution in [0.2, 0.25) is 5.02 Å². The zero-order valence-corrected chi connectivity index (χ0v) is 15.8. The van der Waals surface area contributed by atoms with E-state index in [4.69, 9.17) is 16.1 Å². The van der Waals surface area contributed by atoms with Gasteiger partial charge in [-0.1, -0.05) is 58.7 Å². The number of nitrogens with zero attached hydrogens (tertiary/aromatic N) is 3. The highest BCUT2D eigenvalue weighted by Gasteiger charge is 2.16. The van der Waals surface area contributed by atoms with E-state index in [2.05, 4.69) is 15.5 Å². The molecule has 140 valence electrons. The van der Waals surface area contributed by atoms with Crippen LogP contribution in [0.1, 0.15) is 5.56 Å². The molecule has 0 fully saturated rings. The summed E-state index contributed by atoms with van der Waals surface area (Å²) >= 11 is 6.09. The van der Waals surface area contributed by atoms with Crippen molar-refractivity contribution in [3.05, 3.63) is 77.4 Å². The Balaban J connectivity index is 1.52. The van der Waals surface area contributed by atoms with E-state index in [1.807, 2.05) is 55.5 Å². The van der Waals surface area contributed by atoms with Crippen molar-refractivity contribution < 1.29 is 9.32 Å². The lowest BCUT2D eigenvalue weighted by molar-refractivity contribution is -0.116. The first kappa shape index (κ1) is 18.0. The van der Waals surface area contributed by atoms with Gasteiger partial charge in [-0.2, -0.15) is 4.98 Å². The number of rotatable bonds is 5. The third-order valence-electron chi connectivity index (χ3n) is 4.25. The lowest BCUT2D eigenvalue weighted by Gasteiger charge is -2.09. The molecule has 6 nitrogen and oxygen atoms in total. The Morgan fingerprint density at radius 1 is 1.11 bits per heavy atom. The highest BCUT2D eigenvalue weighted by atomic mass is 35.5. The van der Waals surface area contributed by atoms with E-state index in [1.165, 1.54) is 0 Å². The molecule has 0 saturated carbocycles. The van der Waals surface area contributed by atoms with E-state index in [0.717, 1.165) is 11.1 Å². The van der Waals surface area contributed by atoms with Gasteiger partial charge in [-0.3, -0.25) is 4.79 Å². The number of aromatic nitrogens is 3. The molecule has 0 aliphatic heterocycles. The molecule has 4 aromatic rings. The average Bonchev–Trinajstić information content (AvgIpc) is 3.33. The number of carbonyl (C=O) groups excluding carboxylic acids is 1. The molecule has 1 N–H and O–H groups in total. The van der Waals surface area contributed by atoms with Crippen LogP contribution in [0.3, 0.4) is 0 Å². The zero-order chi connectivity index (χ0) is 19.5. The molecule has 1 amide bonds. The second-order valence-electron chi connectivity index (χ2n) is 6.34. The second-order valence-corrected chi connectivity index (χ2v) is 6.75. The van der Waals surface area contributed by atoms with E-state index < -0.39 is 0 Å². The zero-order valence-electron chi connectivity index (χ0n) is 15.1. The molecule has 0 aliphatic rings. The Labute approximate surface area is 166 Å². The van der Waals surface area contributed by atoms with Crippen LogP contribution in [0.5, 0.6) is 0 Å². The molecular weight excluding hydrogens is 376 g/mol. The highest BCUT2D eigenvalue weighted by Crippen LogP contribution is 2.24. The summed E-state index contributed by atoms with van der Waals surface area (Å²) in [5.41, 5.74) is 3.27. The molecule has 0 aliphatic carbocycles. The number of carbonyl (C=O) groups is 1. The second kappa shape index (κ2) is 7.70. The minimum atomic E-state index is -0.205. The van der Waals surface area contributed by atoms with Crippen molar-refractivity contribution in [2.24, 2.45) is 0 Å². The minimum Gasteiger partial charge on any atom is -0.334 e. The van der Waals surface area contributed by atoms with Gasteiger partial charge in [-0.15, -0.1) is 0 Å². The van der Waals surface area contributed by atoms with E-state index in [9.17, 15) is 4.79 Å². The molecule has 2 heterocycles. The number of para-hydroxylation sites is 1. The number of amides is 1. The fourth-order valence-corrected chi connectivity index (χ4v) is 2.98. The van der Waals surface area contributed by atoms with Crippen LogP contribution >= 0.6 is 11.6 Å². The highest BCUT2D eigenvalue weighted by molar-refractivity contribution is 6.33. The Bertz CT molecular complexity index is 1120. The number of anilines is 1. The van der Waals surface area contributed by atoms with Crippen molar-refractivity contribution in [2.45, 2.75) is 13.5 Å². The summed E-state index contributed by atoms with van der Waals surface area (Å²) in [6.07, 6.45) is 1.79. The number of benzene rings is 2. The molecule has 28 heavy (non-hydrogen) atoms. The first-order valence-corrected chi connectivity index (χ1v) is 9.08. The van der Waals surface area contributed by atoms with Gasteiger partial charge in [0.15, 0.2) is 0 Å². The van der Waals surface area contributed by atoms with Gasteiger partial charge >= 0.3 is 0 Å². The summed E-state index contributed by atoms with van der Waals surface area (Å²) < 4.78 is 7.17. The third-order valence-corrected chi connectivity index (χ3v) is 4.58. The molecule has 0 atom stereocenters. The Hall–Kier alpha value is -3.38. The van der Waals surface area contributed by atoms with Crippen molar-refractivity contribution in [2.75, 3.05) is 5.32 Å². The van der Waals surface area contributed by atoms with Crippen molar-refractivity contribution in [3.63, 3.8) is 0 Å². The molecule has 2 aromatic heterocycles. The lowest BCUT2D eigenvalue weighted by atomic mass is 10.1. The van der Waals surface area contributed by atoms with Crippen molar-refractivity contribution in [3.8, 4) is 23.0 Å². The summed E-state index contributed by atoms with van der Waals surface area (Å²) in [4.78, 5) is 16.9. The summed E-state index contributed by atoms with van der Waals surface area (Å²) in [7, 11) is 0. The maximum Gasteiger partial charge on any atom is 0.274 e. The quantitative estimate of drug-likeness (QED) is 0.529. The van der Waals surface area contributed by atoms with Gasteiger partial charge in [0.25, 0.3) is 5.89 Å². The maximum atomic E-state index is 12.4. The first-order valence-electron chi connectivity index (χ1n) is 8.71. The summed E-state index contributed by atoms with van der Waals surface area (Å²) in [6, 6.07) is 18.6. The van der Waals surface area contributed by atoms with Crippen molar-refractivity contribution in [1.29, 1.82) is 0 Å². The van der Waals surface area contributed by atoms with Gasteiger partial charge < -0.3 is 14.4 Å². The van der Waals surface area contributed by atoms with Crippen molar-refractivity contribution >= 4 is 23.2 Å². The number of nitrogens with one attached hydrogen (secondary N) is 1. The topological polar surface area (TPSA) is 73.0 Å². The monoisotopic (exact) mass is 392 g/mol. The largest absolute Gasteiger partial charge is 0.334 e. The fourth-order valence-electron chi connectivity index (χ4n) is 2.80. The molecule has 0 radical (unpaired) electrons. The lowest BCUT2D eigenvalue weighted by Crippen LogP contribution is -2.19. The SMILES string of the molecule is Cc1ccc(-c2noc(-c3cccn3CC(=O)Nc3ccccc3Cl)n2)cc1. The number of halogens is 1. The van der Waals surface area contributed by atoms with Gasteiger partial charge in [0.2, 0.25) is 11.7 Å². The third kappa shape index (κ3) is 3.82. The summed E-state index contributed by atoms with van der Waals surface area (Å²) in [5.74, 6) is 0.651. The van der Waals surface area contributed by atoms with Crippen LogP contribution in [-0.4, -0.2) is 20.6 Å². The molecule has 7 heteroatoms. The van der Waals surface area contributed by atoms with Crippen LogP contribution in [-0.2, 0) is 11.3 Å². The molecule has 0 saturated heterocycles. The summed E-state index contributed by atoms with van der Waals surface area (Å²) in [5, 5.41) is 7.35. The van der Waals surface area contributed by atoms with Crippen LogP contribution in [0.15, 0.2) is 71.4 Å². The van der Waals surface area contributed by atoms with E-state index in [-0.39, 0.29) is 12.5 Å². The Morgan fingerprint density at radius 3 is 2.68 bits per heavy atom. The van der Waals surface area contributed by atoms with Crippen LogP contribution in [0, 0.1) is 6.92 Å². The summed E-state index contributed by atoms with van der Waals surface area (Å²) in [6.45, 7) is 2.11. The first-order chi connectivity index (χ1) is 13.6. The Morgan fingerprint density at radius 2 is 1.89 bits per heavy atom. The molecule has 0 bridgehead atoms. The number of hydrogen-bond donors (Lipinski definition) is 1. The maximum absolute atomic E-state index is 12.4. The Kier molecular flexibility index (Phi) is 4.95. The number of aryl methyl sites for hydroxylation is 1. The number of hydrogen-bond acceptors (Lipinski definition) is 4. The van der Waals surface area contributed by atoms with Crippen LogP contribution in [0.25, 0.3) is 23.0 Å². The minimum absolute atomic E-state index is 0.0931. The van der Waals surface area contributed by atoms with Gasteiger partial charge in [-0.25, -0.2) is 0 Å². The average molecular weight is 393 g/mol. The van der Waals surface area contributed by atoms with E-state index >= 15 is 0 Å². The predicted molar refractivity (Wildman–Crippen MR) is 108 cm³/mol. The van der Waals surface area contributed by atoms with Gasteiger partial charge in [0.05, 0.1) is 10.7 Å². The predicted octanol–water partition coefficient (Wildman–Crippen LogP) is 4.81. The normalized spacial score (nSPS) is 10.8. The molecule has 4 rings (SSSR count). The van der Waals surface area contributed by atoms with Gasteiger partial charge in [0, 0.05) is 11.8 Å². The van der Waals surface area contributed by atoms with E-state index in [0.29, 0.717) is 28.1 Å². The molecule has 0 unspecified atom stereocenters. The molecule has 2 aromatic carbocycles. The van der Waals surface area contributed by atoms with Crippen LogP contribution in [0.4, 0.5) is 5.69 Å². The van der Waals surface area contributed by atoms with Gasteiger partial charge in [-0.05, 0) is 31.2 Å². The molecular formula is C21H17ClN4O2. The standard InChI is InChI=1S/C21H17ClN4O2/c1-14-8-10-15(11-9-14)20-24-21(28-25-20)18-7-4-12-26(18)13-19(27)23-17-6-3-2-5-16(17)22/h2-12H,13H2,1H3,(H,23,27). The van der Waals surface area contributed by atoms with Crippen molar-refractivity contribution in [1.82, 2.24) is 14.7 Å². The smallest absolute Gasteiger partial charge is 0.274 e. The van der Waals surface area contributed by atoms with E-state index in [1.54, 1.807) is 22.9 Å². The molecule has 0 spiro atoms. The fraction of sp³-hybridized carbons (Fsp3) is 0.0952. The van der Waals surface area contributed by atoms with Crippen LogP contribution < -0.4 is 5.32 Å².